The molecule has 5 heteroatoms. The normalized spacial score (nSPS) is 12.1. The highest BCUT2D eigenvalue weighted by atomic mass is 16.5. The maximum atomic E-state index is 6.27. The number of hydrogen-bond donors (Lipinski definition) is 0. The van der Waals surface area contributed by atoms with Crippen LogP contribution < -0.4 is 24.2 Å². The van der Waals surface area contributed by atoms with E-state index in [1.165, 1.54) is 140 Å². The summed E-state index contributed by atoms with van der Waals surface area (Å²) in [7, 11) is 0. The second-order valence-electron chi connectivity index (χ2n) is 29.3. The molecule has 0 saturated carbocycles. The molecule has 13 rings (SSSR count). The summed E-state index contributed by atoms with van der Waals surface area (Å²) in [5.74, 6) is 1.76. The van der Waals surface area contributed by atoms with Crippen molar-refractivity contribution in [2.45, 2.75) is 165 Å². The third kappa shape index (κ3) is 16.0. The monoisotopic (exact) mass is 1370 g/mol. The van der Waals surface area contributed by atoms with Crippen LogP contribution in [0.25, 0.3) is 33.4 Å². The van der Waals surface area contributed by atoms with Gasteiger partial charge in [-0.25, -0.2) is 0 Å². The Bertz CT molecular complexity index is 4790. The van der Waals surface area contributed by atoms with Crippen molar-refractivity contribution in [3.63, 3.8) is 0 Å². The molecule has 0 aromatic heterocycles. The van der Waals surface area contributed by atoms with Crippen molar-refractivity contribution in [1.29, 1.82) is 0 Å². The summed E-state index contributed by atoms with van der Waals surface area (Å²) in [4.78, 5) is 7.15. The van der Waals surface area contributed by atoms with Crippen LogP contribution >= 0.6 is 0 Å². The van der Waals surface area contributed by atoms with Crippen LogP contribution in [0.1, 0.15) is 172 Å². The van der Waals surface area contributed by atoms with Gasteiger partial charge >= 0.3 is 0 Å². The summed E-state index contributed by atoms with van der Waals surface area (Å²) in [6, 6.07) is 98.8. The summed E-state index contributed by atoms with van der Waals surface area (Å²) in [6.07, 6.45) is 16.3. The van der Waals surface area contributed by atoms with Gasteiger partial charge in [0, 0.05) is 51.2 Å². The van der Waals surface area contributed by atoms with Crippen LogP contribution in [0.5, 0.6) is 11.5 Å². The number of benzene rings is 12. The average Bonchev–Trinajstić information content (AvgIpc) is 1.52. The van der Waals surface area contributed by atoms with E-state index < -0.39 is 5.41 Å². The molecule has 1 aliphatic rings. The van der Waals surface area contributed by atoms with Crippen LogP contribution in [-0.2, 0) is 18.3 Å². The van der Waals surface area contributed by atoms with Crippen molar-refractivity contribution in [2.24, 2.45) is 0 Å². The van der Waals surface area contributed by atoms with Gasteiger partial charge in [0.05, 0.1) is 18.6 Å². The molecule has 1 aliphatic carbocycles. The zero-order valence-electron chi connectivity index (χ0n) is 63.3. The molecular formula is C99H105N3O2. The lowest BCUT2D eigenvalue weighted by atomic mass is 9.66. The number of fused-ring (bicyclic) bond motifs is 3. The van der Waals surface area contributed by atoms with Gasteiger partial charge in [-0.15, -0.1) is 0 Å². The fourth-order valence-electron chi connectivity index (χ4n) is 15.6. The molecule has 0 aliphatic heterocycles. The molecule has 528 valence electrons. The van der Waals surface area contributed by atoms with Gasteiger partial charge in [0.15, 0.2) is 0 Å². The standard InChI is InChI=1S/C99H105N3O2/c1-11-15-19-21-25-76-59-73(8)61-82(65-76)99(83-62-74(9)60-77(66-83)26-22-20-16-12-2)96-63-71(6)34-55-94(96)95-56-40-81(68-97(95)99)79-36-43-85(44-37-79)100(86-47-51-92(52-48-86)103-57-17-13-3)89-28-23-27-80(67-89)78-38-45-88(46-39-78)102(98-64-72(7)31-35-75(98)10)91-30-24-29-90(69-91)101(84-41-32-70(5)33-42-84)87-49-53-93(54-50-87)104-58-18-14-4/h23-24,27-56,59-69H,11-22,25-26,57-58H2,1-10H3. The SMILES string of the molecule is CCCCCCc1cc(C)cc(C2(c3cc(C)cc(CCCCCC)c3)c3cc(C)ccc3-c3ccc(-c4ccc(N(c5ccc(OCCCC)cc5)c5cccc(-c6ccc(N(c7cccc(N(c8ccc(C)cc8)c8ccc(OCCCC)cc8)c7)c7cc(C)ccc7C)cc6)c5)cc4)cc32)c1. The molecule has 0 saturated heterocycles. The molecular weight excluding hydrogens is 1260 g/mol. The zero-order valence-corrected chi connectivity index (χ0v) is 63.3. The van der Waals surface area contributed by atoms with E-state index in [1.807, 2.05) is 0 Å². The maximum absolute atomic E-state index is 6.27. The van der Waals surface area contributed by atoms with Gasteiger partial charge < -0.3 is 24.2 Å². The number of hydrogen-bond acceptors (Lipinski definition) is 5. The molecule has 0 unspecified atom stereocenters. The maximum Gasteiger partial charge on any atom is 0.119 e. The number of anilines is 9. The molecule has 0 amide bonds. The Morgan fingerprint density at radius 1 is 0.279 bits per heavy atom. The van der Waals surface area contributed by atoms with E-state index in [-0.39, 0.29) is 0 Å². The van der Waals surface area contributed by atoms with E-state index in [4.69, 9.17) is 9.47 Å². The van der Waals surface area contributed by atoms with E-state index in [1.54, 1.807) is 0 Å². The van der Waals surface area contributed by atoms with Crippen LogP contribution in [0.15, 0.2) is 261 Å². The van der Waals surface area contributed by atoms with E-state index in [0.29, 0.717) is 13.2 Å². The number of nitrogens with zero attached hydrogens (tertiary/aromatic N) is 3. The zero-order chi connectivity index (χ0) is 72.1. The minimum atomic E-state index is -0.538. The Morgan fingerprint density at radius 3 is 1.20 bits per heavy atom. The first-order valence-electron chi connectivity index (χ1n) is 38.7. The number of unbranched alkanes of at least 4 members (excludes halogenated alkanes) is 8. The van der Waals surface area contributed by atoms with Gasteiger partial charge in [-0.05, 0) is 285 Å². The highest BCUT2D eigenvalue weighted by molar-refractivity contribution is 5.91. The van der Waals surface area contributed by atoms with Crippen molar-refractivity contribution >= 4 is 51.2 Å². The van der Waals surface area contributed by atoms with Crippen LogP contribution in [-0.4, -0.2) is 13.2 Å². The second kappa shape index (κ2) is 33.4. The van der Waals surface area contributed by atoms with Crippen LogP contribution in [0, 0.1) is 41.5 Å². The van der Waals surface area contributed by atoms with E-state index in [2.05, 4.69) is 345 Å². The quantitative estimate of drug-likeness (QED) is 0.0404. The molecule has 0 heterocycles. The predicted octanol–water partition coefficient (Wildman–Crippen LogP) is 28.2. The fourth-order valence-corrected chi connectivity index (χ4v) is 15.6. The third-order valence-corrected chi connectivity index (χ3v) is 21.1. The molecule has 12 aromatic rings. The fraction of sp³-hybridized carbons (Fsp3) is 0.273. The van der Waals surface area contributed by atoms with Gasteiger partial charge in [-0.1, -0.05) is 235 Å². The van der Waals surface area contributed by atoms with Crippen molar-refractivity contribution in [3.8, 4) is 44.9 Å². The van der Waals surface area contributed by atoms with Crippen LogP contribution in [0.4, 0.5) is 51.2 Å². The number of rotatable bonds is 31. The molecule has 104 heavy (non-hydrogen) atoms. The highest BCUT2D eigenvalue weighted by Gasteiger charge is 2.47. The van der Waals surface area contributed by atoms with Gasteiger partial charge in [-0.2, -0.15) is 0 Å². The van der Waals surface area contributed by atoms with Crippen molar-refractivity contribution in [3.05, 3.63) is 328 Å². The summed E-state index contributed by atoms with van der Waals surface area (Å²) in [5.41, 5.74) is 32.3. The summed E-state index contributed by atoms with van der Waals surface area (Å²) in [5, 5.41) is 0. The summed E-state index contributed by atoms with van der Waals surface area (Å²) >= 11 is 0. The second-order valence-corrected chi connectivity index (χ2v) is 29.3. The molecule has 5 nitrogen and oxygen atoms in total. The Kier molecular flexibility index (Phi) is 23.1. The first-order chi connectivity index (χ1) is 50.8. The number of aryl methyl sites for hydroxylation is 8. The average molecular weight is 1370 g/mol. The van der Waals surface area contributed by atoms with Gasteiger partial charge in [0.2, 0.25) is 0 Å². The molecule has 0 atom stereocenters. The highest BCUT2D eigenvalue weighted by Crippen LogP contribution is 2.58. The number of ether oxygens (including phenoxy) is 2. The molecule has 0 radical (unpaired) electrons. The molecule has 0 bridgehead atoms. The third-order valence-electron chi connectivity index (χ3n) is 21.1. The van der Waals surface area contributed by atoms with E-state index >= 15 is 0 Å². The lowest BCUT2D eigenvalue weighted by molar-refractivity contribution is 0.309. The molecule has 12 aromatic carbocycles. The summed E-state index contributed by atoms with van der Waals surface area (Å²) < 4.78 is 12.4. The van der Waals surface area contributed by atoms with Crippen molar-refractivity contribution in [1.82, 2.24) is 0 Å². The van der Waals surface area contributed by atoms with Crippen molar-refractivity contribution in [2.75, 3.05) is 27.9 Å². The first kappa shape index (κ1) is 72.0. The smallest absolute Gasteiger partial charge is 0.119 e. The van der Waals surface area contributed by atoms with Gasteiger partial charge in [0.1, 0.15) is 11.5 Å². The lowest BCUT2D eigenvalue weighted by Crippen LogP contribution is -2.29. The Morgan fingerprint density at radius 2 is 0.683 bits per heavy atom. The van der Waals surface area contributed by atoms with Crippen LogP contribution in [0.2, 0.25) is 0 Å². The predicted molar refractivity (Wildman–Crippen MR) is 444 cm³/mol. The summed E-state index contributed by atoms with van der Waals surface area (Å²) in [6.45, 7) is 23.9. The topological polar surface area (TPSA) is 28.2 Å². The van der Waals surface area contributed by atoms with E-state index in [0.717, 1.165) is 112 Å². The first-order valence-corrected chi connectivity index (χ1v) is 38.7. The molecule has 0 fully saturated rings. The van der Waals surface area contributed by atoms with Gasteiger partial charge in [-0.3, -0.25) is 0 Å². The van der Waals surface area contributed by atoms with Crippen molar-refractivity contribution < 1.29 is 9.47 Å². The Balaban J connectivity index is 0.871. The lowest BCUT2D eigenvalue weighted by Gasteiger charge is -2.35. The Labute approximate surface area is 621 Å². The molecule has 0 N–H and O–H groups in total. The van der Waals surface area contributed by atoms with E-state index in [9.17, 15) is 0 Å². The largest absolute Gasteiger partial charge is 0.494 e. The van der Waals surface area contributed by atoms with Crippen LogP contribution in [0.3, 0.4) is 0 Å². The molecule has 0 spiro atoms. The minimum absolute atomic E-state index is 0.538. The Hall–Kier alpha value is -10.4. The van der Waals surface area contributed by atoms with Gasteiger partial charge in [0.25, 0.3) is 0 Å². The minimum Gasteiger partial charge on any atom is -0.494 e.